The van der Waals surface area contributed by atoms with Crippen molar-refractivity contribution in [2.24, 2.45) is 0 Å². The average Bonchev–Trinajstić information content (AvgIpc) is 3.62. The van der Waals surface area contributed by atoms with Crippen molar-refractivity contribution in [1.29, 1.82) is 0 Å². The Morgan fingerprint density at radius 2 is 0.671 bits per heavy atom. The molecule has 10 aromatic rings. The lowest BCUT2D eigenvalue weighted by Crippen LogP contribution is -2.17. The third kappa shape index (κ3) is 8.10. The first-order valence-corrected chi connectivity index (χ1v) is 24.7. The van der Waals surface area contributed by atoms with Crippen LogP contribution in [-0.4, -0.2) is 0 Å². The number of rotatable bonds is 11. The minimum Gasteiger partial charge on any atom is -0.310 e. The summed E-state index contributed by atoms with van der Waals surface area (Å²) in [5.41, 5.74) is 27.0. The monoisotopic (exact) mass is 902 g/mol. The zero-order chi connectivity index (χ0) is 47.9. The van der Waals surface area contributed by atoms with E-state index in [9.17, 15) is 0 Å². The highest BCUT2D eigenvalue weighted by atomic mass is 15.1. The molecule has 1 aliphatic rings. The second kappa shape index (κ2) is 18.4. The third-order valence-electron chi connectivity index (χ3n) is 14.7. The maximum absolute atomic E-state index is 2.43. The van der Waals surface area contributed by atoms with Gasteiger partial charge in [0.15, 0.2) is 0 Å². The summed E-state index contributed by atoms with van der Waals surface area (Å²) < 4.78 is 0. The van der Waals surface area contributed by atoms with Crippen molar-refractivity contribution >= 4 is 34.1 Å². The van der Waals surface area contributed by atoms with Crippen molar-refractivity contribution in [3.8, 4) is 55.6 Å². The summed E-state index contributed by atoms with van der Waals surface area (Å²) >= 11 is 0. The van der Waals surface area contributed by atoms with E-state index >= 15 is 0 Å². The number of anilines is 6. The fourth-order valence-electron chi connectivity index (χ4n) is 10.8. The number of para-hydroxylation sites is 2. The number of fused-ring (bicyclic) bond motifs is 3. The number of nitrogens with zero attached hydrogens (tertiary/aromatic N) is 2. The van der Waals surface area contributed by atoms with Gasteiger partial charge in [-0.3, -0.25) is 0 Å². The molecular weight excluding hydrogens is 845 g/mol. The summed E-state index contributed by atoms with van der Waals surface area (Å²) in [7, 11) is 0. The maximum atomic E-state index is 2.43. The zero-order valence-corrected chi connectivity index (χ0v) is 41.0. The second-order valence-corrected chi connectivity index (χ2v) is 19.4. The number of benzene rings is 10. The van der Waals surface area contributed by atoms with E-state index in [0.717, 1.165) is 40.5 Å². The van der Waals surface area contributed by atoms with Crippen LogP contribution in [0.25, 0.3) is 55.6 Å². The average molecular weight is 903 g/mol. The molecule has 0 saturated carbocycles. The molecule has 0 radical (unpaired) electrons. The Hall–Kier alpha value is -8.20. The van der Waals surface area contributed by atoms with Crippen molar-refractivity contribution < 1.29 is 0 Å². The van der Waals surface area contributed by atoms with Crippen molar-refractivity contribution in [1.82, 2.24) is 0 Å². The maximum Gasteiger partial charge on any atom is 0.0465 e. The molecule has 10 aromatic carbocycles. The van der Waals surface area contributed by atoms with E-state index < -0.39 is 0 Å². The van der Waals surface area contributed by atoms with Gasteiger partial charge in [-0.25, -0.2) is 0 Å². The smallest absolute Gasteiger partial charge is 0.0465 e. The van der Waals surface area contributed by atoms with Crippen molar-refractivity contribution in [3.05, 3.63) is 264 Å². The number of hydrogen-bond acceptors (Lipinski definition) is 2. The normalized spacial score (nSPS) is 12.3. The molecule has 340 valence electrons. The van der Waals surface area contributed by atoms with Gasteiger partial charge >= 0.3 is 0 Å². The fourth-order valence-corrected chi connectivity index (χ4v) is 10.8. The zero-order valence-electron chi connectivity index (χ0n) is 41.0. The van der Waals surface area contributed by atoms with E-state index in [1.807, 2.05) is 0 Å². The lowest BCUT2D eigenvalue weighted by Gasteiger charge is -2.29. The highest BCUT2D eigenvalue weighted by molar-refractivity contribution is 5.89. The standard InChI is InChI=1S/C68H58N2/c1-7-49-28-29-53(43-65(49)61-25-17-15-19-47(61)3)51-32-36-57(37-33-51)70(55-22-12-9-13-23-55)59-39-41-63-62-40-38-58(44-66(62)68(5,6)67(63)45-59)69(54-20-10-8-11-21-54)56-34-30-50(31-35-56)52-27-26-48(4)64(42-52)60-24-16-14-18-46(60)2/h8-45H,7H2,1-6H3. The molecular formula is C68H58N2. The highest BCUT2D eigenvalue weighted by Gasteiger charge is 2.37. The Kier molecular flexibility index (Phi) is 11.6. The molecule has 2 heteroatoms. The van der Waals surface area contributed by atoms with Gasteiger partial charge in [0.1, 0.15) is 0 Å². The molecule has 0 heterocycles. The largest absolute Gasteiger partial charge is 0.310 e. The predicted octanol–water partition coefficient (Wildman–Crippen LogP) is 19.1. The quantitative estimate of drug-likeness (QED) is 0.128. The summed E-state index contributed by atoms with van der Waals surface area (Å²) in [4.78, 5) is 4.79. The second-order valence-electron chi connectivity index (χ2n) is 19.4. The van der Waals surface area contributed by atoms with Crippen LogP contribution in [0.5, 0.6) is 0 Å². The molecule has 0 bridgehead atoms. The molecule has 70 heavy (non-hydrogen) atoms. The summed E-state index contributed by atoms with van der Waals surface area (Å²) in [5, 5.41) is 0. The van der Waals surface area contributed by atoms with Crippen LogP contribution in [0, 0.1) is 20.8 Å². The summed E-state index contributed by atoms with van der Waals surface area (Å²) in [6, 6.07) is 85.0. The Morgan fingerprint density at radius 3 is 1.14 bits per heavy atom. The number of aryl methyl sites for hydroxylation is 4. The Labute approximate surface area is 414 Å². The van der Waals surface area contributed by atoms with Crippen molar-refractivity contribution in [2.75, 3.05) is 9.80 Å². The minimum absolute atomic E-state index is 0.255. The highest BCUT2D eigenvalue weighted by Crippen LogP contribution is 2.52. The lowest BCUT2D eigenvalue weighted by molar-refractivity contribution is 0.660. The van der Waals surface area contributed by atoms with Crippen LogP contribution in [0.4, 0.5) is 34.1 Å². The van der Waals surface area contributed by atoms with Crippen LogP contribution < -0.4 is 9.80 Å². The topological polar surface area (TPSA) is 6.48 Å². The van der Waals surface area contributed by atoms with Gasteiger partial charge < -0.3 is 9.80 Å². The van der Waals surface area contributed by atoms with Gasteiger partial charge in [-0.2, -0.15) is 0 Å². The minimum atomic E-state index is -0.255. The molecule has 1 aliphatic carbocycles. The lowest BCUT2D eigenvalue weighted by atomic mass is 9.82. The Morgan fingerprint density at radius 1 is 0.300 bits per heavy atom. The predicted molar refractivity (Wildman–Crippen MR) is 299 cm³/mol. The van der Waals surface area contributed by atoms with Crippen molar-refractivity contribution in [2.45, 2.75) is 53.4 Å². The Bertz CT molecular complexity index is 3510. The molecule has 0 aliphatic heterocycles. The summed E-state index contributed by atoms with van der Waals surface area (Å²) in [5.74, 6) is 0. The van der Waals surface area contributed by atoms with E-state index in [4.69, 9.17) is 0 Å². The van der Waals surface area contributed by atoms with E-state index in [1.165, 1.54) is 89.0 Å². The van der Waals surface area contributed by atoms with Crippen molar-refractivity contribution in [3.63, 3.8) is 0 Å². The van der Waals surface area contributed by atoms with E-state index in [0.29, 0.717) is 0 Å². The van der Waals surface area contributed by atoms with Gasteiger partial charge in [-0.05, 0) is 201 Å². The third-order valence-corrected chi connectivity index (χ3v) is 14.7. The molecule has 0 spiro atoms. The van der Waals surface area contributed by atoms with Crippen LogP contribution in [0.15, 0.2) is 231 Å². The van der Waals surface area contributed by atoms with Gasteiger partial charge in [0, 0.05) is 39.5 Å². The molecule has 0 unspecified atom stereocenters. The summed E-state index contributed by atoms with van der Waals surface area (Å²) in [6.07, 6.45) is 0.992. The molecule has 0 atom stereocenters. The molecule has 0 N–H and O–H groups in total. The fraction of sp³-hybridized carbons (Fsp3) is 0.118. The van der Waals surface area contributed by atoms with Crippen LogP contribution in [0.3, 0.4) is 0 Å². The van der Waals surface area contributed by atoms with E-state index in [2.05, 4.69) is 282 Å². The first kappa shape index (κ1) is 44.3. The number of hydrogen-bond donors (Lipinski definition) is 0. The molecule has 0 saturated heterocycles. The van der Waals surface area contributed by atoms with E-state index in [-0.39, 0.29) is 5.41 Å². The molecule has 0 fully saturated rings. The molecule has 0 amide bonds. The van der Waals surface area contributed by atoms with Gasteiger partial charge in [0.2, 0.25) is 0 Å². The molecule has 2 nitrogen and oxygen atoms in total. The van der Waals surface area contributed by atoms with Gasteiger partial charge in [-0.15, -0.1) is 0 Å². The van der Waals surface area contributed by atoms with Crippen LogP contribution >= 0.6 is 0 Å². The summed E-state index contributed by atoms with van der Waals surface area (Å²) in [6.45, 7) is 13.6. The van der Waals surface area contributed by atoms with Gasteiger partial charge in [-0.1, -0.05) is 166 Å². The first-order chi connectivity index (χ1) is 34.2. The SMILES string of the molecule is CCc1ccc(-c2ccc(N(c3ccccc3)c3ccc4c(c3)C(C)(C)c3cc(N(c5ccccc5)c5ccc(-c6ccc(C)c(-c7ccccc7C)c6)cc5)ccc3-4)cc2)cc1-c1ccccc1C. The molecule has 0 aromatic heterocycles. The van der Waals surface area contributed by atoms with Crippen LogP contribution in [0.2, 0.25) is 0 Å². The van der Waals surface area contributed by atoms with Gasteiger partial charge in [0.25, 0.3) is 0 Å². The first-order valence-electron chi connectivity index (χ1n) is 24.7. The molecule has 11 rings (SSSR count). The Balaban J connectivity index is 0.925. The van der Waals surface area contributed by atoms with Crippen LogP contribution in [0.1, 0.15) is 54.2 Å². The van der Waals surface area contributed by atoms with Gasteiger partial charge in [0.05, 0.1) is 0 Å². The van der Waals surface area contributed by atoms with E-state index in [1.54, 1.807) is 0 Å². The van der Waals surface area contributed by atoms with Crippen LogP contribution in [-0.2, 0) is 11.8 Å².